The quantitative estimate of drug-likeness (QED) is 0.452. The minimum Gasteiger partial charge on any atom is -0.300 e. The molecule has 20 heavy (non-hydrogen) atoms. The highest BCUT2D eigenvalue weighted by Gasteiger charge is 2.49. The zero-order chi connectivity index (χ0) is 15.0. The fraction of sp³-hybridized carbons (Fsp3) is 1.00. The number of halogens is 4. The molecule has 0 aromatic heterocycles. The molecule has 2 rings (SSSR count). The summed E-state index contributed by atoms with van der Waals surface area (Å²) >= 11 is 0. The maximum atomic E-state index is 12.3. The molecule has 0 bridgehead atoms. The van der Waals surface area contributed by atoms with Crippen LogP contribution in [0, 0.1) is 5.92 Å². The summed E-state index contributed by atoms with van der Waals surface area (Å²) in [7, 11) is -5.50. The lowest BCUT2D eigenvalue weighted by Gasteiger charge is -2.45. The van der Waals surface area contributed by atoms with Gasteiger partial charge in [-0.1, -0.05) is 0 Å². The zero-order valence-corrected chi connectivity index (χ0v) is 11.6. The second-order valence-corrected chi connectivity index (χ2v) is 6.96. The van der Waals surface area contributed by atoms with Gasteiger partial charge in [0.2, 0.25) is 0 Å². The first-order chi connectivity index (χ1) is 9.23. The van der Waals surface area contributed by atoms with Gasteiger partial charge in [-0.15, -0.1) is 0 Å². The fourth-order valence-electron chi connectivity index (χ4n) is 2.75. The third-order valence-electron chi connectivity index (χ3n) is 3.91. The van der Waals surface area contributed by atoms with Crippen LogP contribution in [0.15, 0.2) is 0 Å². The molecule has 0 spiro atoms. The molecule has 1 saturated heterocycles. The summed E-state index contributed by atoms with van der Waals surface area (Å²) < 4.78 is 74.9. The number of hydrogen-bond acceptors (Lipinski definition) is 4. The highest BCUT2D eigenvalue weighted by atomic mass is 32.2. The first-order valence-electron chi connectivity index (χ1n) is 6.52. The van der Waals surface area contributed by atoms with E-state index in [0.717, 1.165) is 0 Å². The average Bonchev–Trinajstić information content (AvgIpc) is 2.28. The number of nitrogens with zero attached hydrogens (tertiary/aromatic N) is 1. The predicted octanol–water partition coefficient (Wildman–Crippen LogP) is 2.07. The molecule has 1 aliphatic carbocycles. The van der Waals surface area contributed by atoms with Crippen LogP contribution >= 0.6 is 0 Å². The van der Waals surface area contributed by atoms with Crippen molar-refractivity contribution in [2.45, 2.75) is 43.3 Å². The summed E-state index contributed by atoms with van der Waals surface area (Å²) in [6, 6.07) is 0.200. The molecule has 1 saturated carbocycles. The molecule has 2 fully saturated rings. The van der Waals surface area contributed by atoms with Crippen molar-refractivity contribution in [1.29, 1.82) is 0 Å². The Bertz CT molecular complexity index is 425. The van der Waals surface area contributed by atoms with Gasteiger partial charge in [0.1, 0.15) is 0 Å². The predicted molar refractivity (Wildman–Crippen MR) is 63.1 cm³/mol. The van der Waals surface area contributed by atoms with Crippen molar-refractivity contribution in [2.75, 3.05) is 19.8 Å². The lowest BCUT2D eigenvalue weighted by Crippen LogP contribution is -2.54. The lowest BCUT2D eigenvalue weighted by atomic mass is 9.88. The van der Waals surface area contributed by atoms with Crippen molar-refractivity contribution in [3.8, 4) is 0 Å². The average molecular weight is 319 g/mol. The van der Waals surface area contributed by atoms with Gasteiger partial charge in [-0.25, -0.2) is 0 Å². The summed E-state index contributed by atoms with van der Waals surface area (Å²) in [6.07, 6.45) is 0.804. The van der Waals surface area contributed by atoms with Gasteiger partial charge >= 0.3 is 15.6 Å². The minimum atomic E-state index is -5.50. The van der Waals surface area contributed by atoms with E-state index in [4.69, 9.17) is 0 Å². The van der Waals surface area contributed by atoms with Crippen LogP contribution in [0.4, 0.5) is 17.6 Å². The SMILES string of the molecule is O=S(=O)(OC1CCC(N2CC(CF)C2)CC1)C(F)(F)F. The highest BCUT2D eigenvalue weighted by molar-refractivity contribution is 7.87. The maximum Gasteiger partial charge on any atom is 0.523 e. The van der Waals surface area contributed by atoms with Crippen molar-refractivity contribution >= 4 is 10.1 Å². The van der Waals surface area contributed by atoms with E-state index in [1.807, 2.05) is 0 Å². The molecule has 2 aliphatic rings. The number of likely N-dealkylation sites (tertiary alicyclic amines) is 1. The Morgan fingerprint density at radius 2 is 1.65 bits per heavy atom. The van der Waals surface area contributed by atoms with Crippen LogP contribution in [0.1, 0.15) is 25.7 Å². The largest absolute Gasteiger partial charge is 0.523 e. The molecule has 9 heteroatoms. The molecule has 118 valence electrons. The summed E-state index contributed by atoms with van der Waals surface area (Å²) in [5.41, 5.74) is -5.37. The van der Waals surface area contributed by atoms with Gasteiger partial charge in [0.15, 0.2) is 0 Å². The summed E-state index contributed by atoms with van der Waals surface area (Å²) in [5, 5.41) is 0. The van der Waals surface area contributed by atoms with E-state index in [9.17, 15) is 26.0 Å². The van der Waals surface area contributed by atoms with E-state index < -0.39 is 21.7 Å². The van der Waals surface area contributed by atoms with Gasteiger partial charge in [0.25, 0.3) is 0 Å². The van der Waals surface area contributed by atoms with Crippen LogP contribution in [-0.4, -0.2) is 50.7 Å². The van der Waals surface area contributed by atoms with Gasteiger partial charge in [-0.05, 0) is 25.7 Å². The third-order valence-corrected chi connectivity index (χ3v) is 5.00. The Balaban J connectivity index is 1.78. The molecule has 1 aliphatic heterocycles. The Hall–Kier alpha value is -0.410. The van der Waals surface area contributed by atoms with E-state index in [0.29, 0.717) is 25.9 Å². The van der Waals surface area contributed by atoms with Crippen LogP contribution in [0.25, 0.3) is 0 Å². The van der Waals surface area contributed by atoms with Crippen LogP contribution in [0.2, 0.25) is 0 Å². The first kappa shape index (κ1) is 16.0. The number of hydrogen-bond donors (Lipinski definition) is 0. The van der Waals surface area contributed by atoms with E-state index in [1.54, 1.807) is 0 Å². The molecule has 0 N–H and O–H groups in total. The fourth-order valence-corrected chi connectivity index (χ4v) is 3.41. The van der Waals surface area contributed by atoms with Crippen molar-refractivity contribution in [2.24, 2.45) is 5.92 Å². The zero-order valence-electron chi connectivity index (χ0n) is 10.8. The van der Waals surface area contributed by atoms with Gasteiger partial charge in [-0.2, -0.15) is 21.6 Å². The monoisotopic (exact) mass is 319 g/mol. The van der Waals surface area contributed by atoms with Crippen LogP contribution in [0.3, 0.4) is 0 Å². The van der Waals surface area contributed by atoms with Crippen molar-refractivity contribution in [3.05, 3.63) is 0 Å². The third kappa shape index (κ3) is 3.43. The van der Waals surface area contributed by atoms with E-state index >= 15 is 0 Å². The van der Waals surface area contributed by atoms with Gasteiger partial charge in [0, 0.05) is 25.0 Å². The molecular weight excluding hydrogens is 302 g/mol. The molecule has 0 aromatic rings. The first-order valence-corrected chi connectivity index (χ1v) is 7.93. The molecular formula is C11H17F4NO3S. The number of alkyl halides is 4. The van der Waals surface area contributed by atoms with Crippen molar-refractivity contribution < 1.29 is 30.2 Å². The Morgan fingerprint density at radius 3 is 2.10 bits per heavy atom. The van der Waals surface area contributed by atoms with Gasteiger partial charge in [-0.3, -0.25) is 13.5 Å². The summed E-state index contributed by atoms with van der Waals surface area (Å²) in [5.74, 6) is 0.0644. The standard InChI is InChI=1S/C11H17F4NO3S/c12-5-8-6-16(7-8)9-1-3-10(4-2-9)19-20(17,18)11(13,14)15/h8-10H,1-7H2. The smallest absolute Gasteiger partial charge is 0.300 e. The summed E-state index contributed by atoms with van der Waals surface area (Å²) in [6.45, 7) is 1.000. The van der Waals surface area contributed by atoms with Crippen LogP contribution in [-0.2, 0) is 14.3 Å². The normalized spacial score (nSPS) is 30.2. The topological polar surface area (TPSA) is 46.6 Å². The number of rotatable bonds is 4. The Morgan fingerprint density at radius 1 is 1.10 bits per heavy atom. The second-order valence-electron chi connectivity index (χ2n) is 5.40. The van der Waals surface area contributed by atoms with Crippen molar-refractivity contribution in [3.63, 3.8) is 0 Å². The van der Waals surface area contributed by atoms with Crippen LogP contribution < -0.4 is 0 Å². The molecule has 0 unspecified atom stereocenters. The lowest BCUT2D eigenvalue weighted by molar-refractivity contribution is -0.0604. The highest BCUT2D eigenvalue weighted by Crippen LogP contribution is 2.33. The molecule has 1 heterocycles. The maximum absolute atomic E-state index is 12.3. The van der Waals surface area contributed by atoms with Gasteiger partial charge < -0.3 is 0 Å². The van der Waals surface area contributed by atoms with Crippen molar-refractivity contribution in [1.82, 2.24) is 4.90 Å². The molecule has 4 nitrogen and oxygen atoms in total. The minimum absolute atomic E-state index is 0.0644. The van der Waals surface area contributed by atoms with E-state index in [2.05, 4.69) is 9.08 Å². The van der Waals surface area contributed by atoms with Crippen LogP contribution in [0.5, 0.6) is 0 Å². The van der Waals surface area contributed by atoms with Gasteiger partial charge in [0.05, 0.1) is 12.8 Å². The second kappa shape index (κ2) is 5.76. The molecule has 0 amide bonds. The Labute approximate surface area is 115 Å². The molecule has 0 atom stereocenters. The molecule has 0 aromatic carbocycles. The molecule has 0 radical (unpaired) electrons. The Kier molecular flexibility index (Phi) is 4.60. The van der Waals surface area contributed by atoms with E-state index in [-0.39, 0.29) is 31.5 Å². The van der Waals surface area contributed by atoms with E-state index in [1.165, 1.54) is 0 Å². The summed E-state index contributed by atoms with van der Waals surface area (Å²) in [4.78, 5) is 2.10.